The molecule has 0 saturated heterocycles. The van der Waals surface area contributed by atoms with E-state index in [1.807, 2.05) is 49.4 Å². The first kappa shape index (κ1) is 16.8. The molecule has 0 aliphatic heterocycles. The van der Waals surface area contributed by atoms with Gasteiger partial charge in [-0.15, -0.1) is 0 Å². The molecule has 0 bridgehead atoms. The minimum Gasteiger partial charge on any atom is -0.493 e. The molecule has 23 heavy (non-hydrogen) atoms. The molecule has 0 spiro atoms. The summed E-state index contributed by atoms with van der Waals surface area (Å²) in [6.07, 6.45) is 1.63. The summed E-state index contributed by atoms with van der Waals surface area (Å²) < 4.78 is 10.6. The Morgan fingerprint density at radius 3 is 2.61 bits per heavy atom. The molecule has 2 rings (SSSR count). The third-order valence-corrected chi connectivity index (χ3v) is 3.27. The van der Waals surface area contributed by atoms with Gasteiger partial charge in [-0.2, -0.15) is 5.10 Å². The van der Waals surface area contributed by atoms with Crippen LogP contribution in [-0.4, -0.2) is 25.5 Å². The Labute approximate surface area is 141 Å². The van der Waals surface area contributed by atoms with Crippen LogP contribution in [0.5, 0.6) is 11.5 Å². The highest BCUT2D eigenvalue weighted by Gasteiger charge is 2.07. The largest absolute Gasteiger partial charge is 0.493 e. The zero-order valence-electron chi connectivity index (χ0n) is 13.3. The van der Waals surface area contributed by atoms with E-state index in [0.717, 1.165) is 16.8 Å². The van der Waals surface area contributed by atoms with Gasteiger partial charge in [0.25, 0.3) is 0 Å². The predicted octanol–water partition coefficient (Wildman–Crippen LogP) is 3.33. The minimum absolute atomic E-state index is 0.411. The maximum atomic E-state index is 5.34. The second kappa shape index (κ2) is 8.14. The fourth-order valence-electron chi connectivity index (χ4n) is 2.06. The summed E-state index contributed by atoms with van der Waals surface area (Å²) in [5, 5.41) is 7.61. The van der Waals surface area contributed by atoms with Crippen molar-refractivity contribution in [2.24, 2.45) is 5.10 Å². The van der Waals surface area contributed by atoms with Crippen LogP contribution in [0.2, 0.25) is 0 Å². The van der Waals surface area contributed by atoms with Crippen molar-refractivity contribution in [1.29, 1.82) is 0 Å². The van der Waals surface area contributed by atoms with Crippen LogP contribution in [0.1, 0.15) is 11.1 Å². The zero-order valence-corrected chi connectivity index (χ0v) is 14.1. The van der Waals surface area contributed by atoms with E-state index in [2.05, 4.69) is 15.8 Å². The first-order chi connectivity index (χ1) is 11.1. The lowest BCUT2D eigenvalue weighted by molar-refractivity contribution is 0.354. The Morgan fingerprint density at radius 1 is 1.13 bits per heavy atom. The van der Waals surface area contributed by atoms with E-state index >= 15 is 0 Å². The lowest BCUT2D eigenvalue weighted by Crippen LogP contribution is -2.23. The van der Waals surface area contributed by atoms with E-state index in [9.17, 15) is 0 Å². The maximum absolute atomic E-state index is 5.34. The standard InChI is InChI=1S/C17H19N3O2S/c1-12-6-4-8-14(10-12)19-17(23)20-18-11-13-7-5-9-15(21-2)16(13)22-3/h4-11H,1-3H3,(H2,19,20,23)/b18-11+. The summed E-state index contributed by atoms with van der Waals surface area (Å²) in [5.74, 6) is 1.27. The maximum Gasteiger partial charge on any atom is 0.191 e. The number of hydrogen-bond donors (Lipinski definition) is 2. The van der Waals surface area contributed by atoms with E-state index in [1.165, 1.54) is 0 Å². The van der Waals surface area contributed by atoms with Gasteiger partial charge in [0.2, 0.25) is 0 Å². The zero-order chi connectivity index (χ0) is 16.7. The smallest absolute Gasteiger partial charge is 0.191 e. The minimum atomic E-state index is 0.411. The van der Waals surface area contributed by atoms with E-state index in [4.69, 9.17) is 21.7 Å². The number of para-hydroxylation sites is 1. The van der Waals surface area contributed by atoms with Gasteiger partial charge >= 0.3 is 0 Å². The first-order valence-corrected chi connectivity index (χ1v) is 7.42. The van der Waals surface area contributed by atoms with Gasteiger partial charge in [-0.3, -0.25) is 5.43 Å². The molecule has 2 aromatic rings. The van der Waals surface area contributed by atoms with Crippen molar-refractivity contribution in [2.75, 3.05) is 19.5 Å². The Balaban J connectivity index is 2.00. The summed E-state index contributed by atoms with van der Waals surface area (Å²) in [7, 11) is 3.18. The van der Waals surface area contributed by atoms with Crippen molar-refractivity contribution in [2.45, 2.75) is 6.92 Å². The van der Waals surface area contributed by atoms with Crippen LogP contribution in [0.4, 0.5) is 5.69 Å². The Kier molecular flexibility index (Phi) is 5.94. The van der Waals surface area contributed by atoms with Crippen molar-refractivity contribution in [3.05, 3.63) is 53.6 Å². The van der Waals surface area contributed by atoms with Gasteiger partial charge in [-0.1, -0.05) is 18.2 Å². The molecule has 0 fully saturated rings. The average molecular weight is 329 g/mol. The van der Waals surface area contributed by atoms with Crippen molar-refractivity contribution < 1.29 is 9.47 Å². The lowest BCUT2D eigenvalue weighted by atomic mass is 10.2. The van der Waals surface area contributed by atoms with Gasteiger partial charge in [-0.05, 0) is 49.0 Å². The highest BCUT2D eigenvalue weighted by molar-refractivity contribution is 7.80. The van der Waals surface area contributed by atoms with E-state index < -0.39 is 0 Å². The third-order valence-electron chi connectivity index (χ3n) is 3.08. The number of aryl methyl sites for hydroxylation is 1. The van der Waals surface area contributed by atoms with Crippen LogP contribution in [0, 0.1) is 6.92 Å². The molecular weight excluding hydrogens is 310 g/mol. The van der Waals surface area contributed by atoms with Crippen molar-refractivity contribution in [1.82, 2.24) is 5.43 Å². The van der Waals surface area contributed by atoms with Crippen LogP contribution >= 0.6 is 12.2 Å². The van der Waals surface area contributed by atoms with Gasteiger partial charge in [-0.25, -0.2) is 0 Å². The van der Waals surface area contributed by atoms with Crippen LogP contribution in [0.25, 0.3) is 0 Å². The summed E-state index contributed by atoms with van der Waals surface area (Å²) in [5.41, 5.74) is 5.64. The molecule has 120 valence electrons. The monoisotopic (exact) mass is 329 g/mol. The number of nitrogens with zero attached hydrogens (tertiary/aromatic N) is 1. The van der Waals surface area contributed by atoms with Gasteiger partial charge in [0, 0.05) is 11.3 Å². The number of anilines is 1. The summed E-state index contributed by atoms with van der Waals surface area (Å²) in [4.78, 5) is 0. The molecule has 6 heteroatoms. The number of methoxy groups -OCH3 is 2. The number of hydrogen-bond acceptors (Lipinski definition) is 4. The number of thiocarbonyl (C=S) groups is 1. The van der Waals surface area contributed by atoms with Crippen molar-refractivity contribution >= 4 is 29.2 Å². The molecular formula is C17H19N3O2S. The van der Waals surface area contributed by atoms with E-state index in [-0.39, 0.29) is 0 Å². The van der Waals surface area contributed by atoms with Gasteiger partial charge in [0.1, 0.15) is 0 Å². The molecule has 0 amide bonds. The molecule has 2 aromatic carbocycles. The van der Waals surface area contributed by atoms with Gasteiger partial charge in [0.15, 0.2) is 16.6 Å². The number of benzene rings is 2. The second-order valence-corrected chi connectivity index (χ2v) is 5.18. The van der Waals surface area contributed by atoms with Crippen molar-refractivity contribution in [3.63, 3.8) is 0 Å². The molecule has 0 saturated carbocycles. The summed E-state index contributed by atoms with van der Waals surface area (Å²) in [6.45, 7) is 2.02. The topological polar surface area (TPSA) is 54.9 Å². The number of ether oxygens (including phenoxy) is 2. The number of rotatable bonds is 5. The Hall–Kier alpha value is -2.60. The molecule has 0 aliphatic rings. The second-order valence-electron chi connectivity index (χ2n) is 4.78. The number of nitrogens with one attached hydrogen (secondary N) is 2. The fourth-order valence-corrected chi connectivity index (χ4v) is 2.23. The molecule has 0 heterocycles. The fraction of sp³-hybridized carbons (Fsp3) is 0.176. The SMILES string of the molecule is COc1cccc(/C=N/NC(=S)Nc2cccc(C)c2)c1OC. The number of hydrazone groups is 1. The van der Waals surface area contributed by atoms with E-state index in [0.29, 0.717) is 16.6 Å². The van der Waals surface area contributed by atoms with Crippen LogP contribution in [0.3, 0.4) is 0 Å². The Morgan fingerprint density at radius 2 is 1.91 bits per heavy atom. The molecule has 0 aromatic heterocycles. The first-order valence-electron chi connectivity index (χ1n) is 7.01. The molecule has 0 radical (unpaired) electrons. The molecule has 0 atom stereocenters. The quantitative estimate of drug-likeness (QED) is 0.501. The molecule has 2 N–H and O–H groups in total. The van der Waals surface area contributed by atoms with Crippen LogP contribution in [-0.2, 0) is 0 Å². The van der Waals surface area contributed by atoms with Crippen LogP contribution in [0.15, 0.2) is 47.6 Å². The van der Waals surface area contributed by atoms with E-state index in [1.54, 1.807) is 20.4 Å². The van der Waals surface area contributed by atoms with Crippen LogP contribution < -0.4 is 20.2 Å². The highest BCUT2D eigenvalue weighted by Crippen LogP contribution is 2.29. The lowest BCUT2D eigenvalue weighted by Gasteiger charge is -2.10. The highest BCUT2D eigenvalue weighted by atomic mass is 32.1. The average Bonchev–Trinajstić information content (AvgIpc) is 2.54. The molecule has 0 unspecified atom stereocenters. The summed E-state index contributed by atoms with van der Waals surface area (Å²) >= 11 is 5.21. The predicted molar refractivity (Wildman–Crippen MR) is 97.7 cm³/mol. The normalized spacial score (nSPS) is 10.4. The van der Waals surface area contributed by atoms with Gasteiger partial charge in [0.05, 0.1) is 20.4 Å². The summed E-state index contributed by atoms with van der Waals surface area (Å²) in [6, 6.07) is 13.5. The van der Waals surface area contributed by atoms with Gasteiger partial charge < -0.3 is 14.8 Å². The third kappa shape index (κ3) is 4.69. The Bertz CT molecular complexity index is 717. The van der Waals surface area contributed by atoms with Crippen molar-refractivity contribution in [3.8, 4) is 11.5 Å². The molecule has 5 nitrogen and oxygen atoms in total. The molecule has 0 aliphatic carbocycles.